The Morgan fingerprint density at radius 3 is 2.78 bits per heavy atom. The Balaban J connectivity index is 2.83. The summed E-state index contributed by atoms with van der Waals surface area (Å²) in [6, 6.07) is 0. The van der Waals surface area contributed by atoms with Gasteiger partial charge in [-0.25, -0.2) is 4.79 Å². The van der Waals surface area contributed by atoms with Crippen molar-refractivity contribution in [1.29, 1.82) is 0 Å². The molecule has 1 atom stereocenters. The molecule has 0 radical (unpaired) electrons. The first-order valence-electron chi connectivity index (χ1n) is 8.18. The van der Waals surface area contributed by atoms with Crippen LogP contribution in [0.4, 0.5) is 0 Å². The van der Waals surface area contributed by atoms with E-state index in [1.165, 1.54) is 0 Å². The molecular weight excluding hydrogens is 296 g/mol. The molecular formula is C17H30N2O4. The van der Waals surface area contributed by atoms with E-state index in [0.29, 0.717) is 6.42 Å². The van der Waals surface area contributed by atoms with Crippen molar-refractivity contribution >= 4 is 5.97 Å². The van der Waals surface area contributed by atoms with E-state index >= 15 is 0 Å². The Bertz CT molecular complexity index is 469. The van der Waals surface area contributed by atoms with Crippen molar-refractivity contribution in [2.45, 2.75) is 52.6 Å². The van der Waals surface area contributed by atoms with Gasteiger partial charge in [-0.2, -0.15) is 0 Å². The van der Waals surface area contributed by atoms with Gasteiger partial charge in [0, 0.05) is 12.2 Å². The molecule has 23 heavy (non-hydrogen) atoms. The molecule has 0 bridgehead atoms. The van der Waals surface area contributed by atoms with Gasteiger partial charge >= 0.3 is 5.97 Å². The summed E-state index contributed by atoms with van der Waals surface area (Å²) in [6.45, 7) is 6.59. The van der Waals surface area contributed by atoms with Gasteiger partial charge in [-0.05, 0) is 36.3 Å². The lowest BCUT2D eigenvalue weighted by Gasteiger charge is -2.32. The van der Waals surface area contributed by atoms with Gasteiger partial charge in [-0.1, -0.05) is 27.2 Å². The number of carbonyl (C=O) groups is 1. The van der Waals surface area contributed by atoms with E-state index < -0.39 is 18.7 Å². The SMILES string of the molecule is CCCCNC1=C/C(=C(/N)C(=O)OCC(O)CO)CC(C)(C)C1. The molecule has 0 aromatic carbocycles. The van der Waals surface area contributed by atoms with Crippen LogP contribution in [0.5, 0.6) is 0 Å². The first kappa shape index (κ1) is 19.5. The maximum atomic E-state index is 12.0. The average Bonchev–Trinajstić information content (AvgIpc) is 2.50. The summed E-state index contributed by atoms with van der Waals surface area (Å²) in [5.74, 6) is -0.658. The maximum Gasteiger partial charge on any atom is 0.354 e. The van der Waals surface area contributed by atoms with Gasteiger partial charge in [0.15, 0.2) is 0 Å². The number of ether oxygens (including phenoxy) is 1. The number of nitrogens with one attached hydrogen (secondary N) is 1. The van der Waals surface area contributed by atoms with Crippen LogP contribution in [0.2, 0.25) is 0 Å². The molecule has 5 N–H and O–H groups in total. The lowest BCUT2D eigenvalue weighted by molar-refractivity contribution is -0.142. The van der Waals surface area contributed by atoms with Crippen LogP contribution in [-0.2, 0) is 9.53 Å². The van der Waals surface area contributed by atoms with Crippen molar-refractivity contribution in [3.05, 3.63) is 23.0 Å². The Labute approximate surface area is 138 Å². The highest BCUT2D eigenvalue weighted by atomic mass is 16.5. The smallest absolute Gasteiger partial charge is 0.354 e. The number of aliphatic hydroxyl groups excluding tert-OH is 2. The second-order valence-corrected chi connectivity index (χ2v) is 6.84. The fraction of sp³-hybridized carbons (Fsp3) is 0.706. The quantitative estimate of drug-likeness (QED) is 0.303. The zero-order chi connectivity index (χ0) is 17.5. The third kappa shape index (κ3) is 6.62. The van der Waals surface area contributed by atoms with E-state index in [-0.39, 0.29) is 17.7 Å². The van der Waals surface area contributed by atoms with E-state index in [9.17, 15) is 9.90 Å². The fourth-order valence-corrected chi connectivity index (χ4v) is 2.55. The molecule has 0 saturated carbocycles. The summed E-state index contributed by atoms with van der Waals surface area (Å²) in [4.78, 5) is 12.0. The van der Waals surface area contributed by atoms with Crippen molar-refractivity contribution in [3.63, 3.8) is 0 Å². The van der Waals surface area contributed by atoms with E-state index in [1.54, 1.807) is 0 Å². The largest absolute Gasteiger partial charge is 0.458 e. The third-order valence-corrected chi connectivity index (χ3v) is 3.75. The topological polar surface area (TPSA) is 105 Å². The van der Waals surface area contributed by atoms with Gasteiger partial charge in [-0.15, -0.1) is 0 Å². The summed E-state index contributed by atoms with van der Waals surface area (Å²) in [5.41, 5.74) is 7.85. The summed E-state index contributed by atoms with van der Waals surface area (Å²) in [6.07, 6.45) is 4.66. The first-order valence-corrected chi connectivity index (χ1v) is 8.18. The van der Waals surface area contributed by atoms with E-state index in [2.05, 4.69) is 26.1 Å². The van der Waals surface area contributed by atoms with Gasteiger partial charge in [0.25, 0.3) is 0 Å². The molecule has 0 amide bonds. The van der Waals surface area contributed by atoms with E-state index in [4.69, 9.17) is 15.6 Å². The first-order chi connectivity index (χ1) is 10.8. The summed E-state index contributed by atoms with van der Waals surface area (Å²) >= 11 is 0. The summed E-state index contributed by atoms with van der Waals surface area (Å²) in [5, 5.41) is 21.4. The van der Waals surface area contributed by atoms with Crippen molar-refractivity contribution in [2.24, 2.45) is 11.1 Å². The maximum absolute atomic E-state index is 12.0. The van der Waals surface area contributed by atoms with Crippen molar-refractivity contribution in [3.8, 4) is 0 Å². The standard InChI is InChI=1S/C17H30N2O4/c1-4-5-6-19-13-7-12(8-17(2,3)9-13)15(18)16(22)23-11-14(21)10-20/h7,14,19-21H,4-6,8-11,18H2,1-3H3/b15-12-. The molecule has 6 heteroatoms. The lowest BCUT2D eigenvalue weighted by Crippen LogP contribution is -2.29. The Morgan fingerprint density at radius 2 is 2.17 bits per heavy atom. The van der Waals surface area contributed by atoms with Gasteiger partial charge < -0.3 is 26.0 Å². The van der Waals surface area contributed by atoms with Crippen LogP contribution >= 0.6 is 0 Å². The number of unbranched alkanes of at least 4 members (excludes halogenated alkanes) is 1. The van der Waals surface area contributed by atoms with E-state index in [1.807, 2.05) is 6.08 Å². The summed E-state index contributed by atoms with van der Waals surface area (Å²) < 4.78 is 4.93. The van der Waals surface area contributed by atoms with Crippen LogP contribution in [0.1, 0.15) is 46.5 Å². The van der Waals surface area contributed by atoms with Crippen LogP contribution in [0.3, 0.4) is 0 Å². The predicted molar refractivity (Wildman–Crippen MR) is 89.3 cm³/mol. The van der Waals surface area contributed by atoms with Gasteiger partial charge in [0.1, 0.15) is 18.4 Å². The third-order valence-electron chi connectivity index (χ3n) is 3.75. The van der Waals surface area contributed by atoms with Crippen molar-refractivity contribution in [2.75, 3.05) is 19.8 Å². The number of hydrogen-bond acceptors (Lipinski definition) is 6. The number of nitrogens with two attached hydrogens (primary N) is 1. The summed E-state index contributed by atoms with van der Waals surface area (Å²) in [7, 11) is 0. The molecule has 1 aliphatic carbocycles. The number of esters is 1. The van der Waals surface area contributed by atoms with Crippen LogP contribution in [-0.4, -0.2) is 42.0 Å². The predicted octanol–water partition coefficient (Wildman–Crippen LogP) is 1.19. The van der Waals surface area contributed by atoms with Gasteiger partial charge in [-0.3, -0.25) is 0 Å². The Kier molecular flexibility index (Phi) is 7.58. The molecule has 0 aliphatic heterocycles. The molecule has 0 aromatic rings. The number of rotatable bonds is 8. The number of aliphatic hydroxyl groups is 2. The Morgan fingerprint density at radius 1 is 1.48 bits per heavy atom. The molecule has 0 aromatic heterocycles. The molecule has 0 fully saturated rings. The normalized spacial score (nSPS) is 20.5. The minimum Gasteiger partial charge on any atom is -0.458 e. The minimum absolute atomic E-state index is 0.00808. The van der Waals surface area contributed by atoms with Crippen molar-refractivity contribution < 1.29 is 19.7 Å². The monoisotopic (exact) mass is 326 g/mol. The molecule has 132 valence electrons. The average molecular weight is 326 g/mol. The number of allylic oxidation sites excluding steroid dienone is 3. The van der Waals surface area contributed by atoms with Gasteiger partial charge in [0.2, 0.25) is 0 Å². The highest BCUT2D eigenvalue weighted by Crippen LogP contribution is 2.37. The van der Waals surface area contributed by atoms with E-state index in [0.717, 1.165) is 37.1 Å². The molecule has 0 saturated heterocycles. The molecule has 1 rings (SSSR count). The van der Waals surface area contributed by atoms with Crippen LogP contribution in [0.15, 0.2) is 23.0 Å². The molecule has 1 aliphatic rings. The fourth-order valence-electron chi connectivity index (χ4n) is 2.55. The van der Waals surface area contributed by atoms with Crippen LogP contribution in [0, 0.1) is 5.41 Å². The highest BCUT2D eigenvalue weighted by molar-refractivity contribution is 5.89. The van der Waals surface area contributed by atoms with Crippen LogP contribution in [0.25, 0.3) is 0 Å². The molecule has 0 spiro atoms. The second kappa shape index (κ2) is 8.93. The lowest BCUT2D eigenvalue weighted by atomic mass is 9.76. The zero-order valence-electron chi connectivity index (χ0n) is 14.4. The molecule has 0 heterocycles. The van der Waals surface area contributed by atoms with Gasteiger partial charge in [0.05, 0.1) is 6.61 Å². The van der Waals surface area contributed by atoms with Crippen molar-refractivity contribution in [1.82, 2.24) is 5.32 Å². The number of hydrogen-bond donors (Lipinski definition) is 4. The molecule has 6 nitrogen and oxygen atoms in total. The second-order valence-electron chi connectivity index (χ2n) is 6.84. The van der Waals surface area contributed by atoms with Crippen LogP contribution < -0.4 is 11.1 Å². The molecule has 1 unspecified atom stereocenters. The number of carbonyl (C=O) groups excluding carboxylic acids is 1. The zero-order valence-corrected chi connectivity index (χ0v) is 14.4. The highest BCUT2D eigenvalue weighted by Gasteiger charge is 2.28. The minimum atomic E-state index is -1.08. The Hall–Kier alpha value is -1.53.